The fourth-order valence-electron chi connectivity index (χ4n) is 2.10. The molecular formula is C18H14ClN3O3. The second-order valence-corrected chi connectivity index (χ2v) is 5.59. The van der Waals surface area contributed by atoms with Gasteiger partial charge in [-0.15, -0.1) is 0 Å². The van der Waals surface area contributed by atoms with Crippen LogP contribution in [0.1, 0.15) is 26.6 Å². The van der Waals surface area contributed by atoms with Gasteiger partial charge in [0.05, 0.1) is 12.8 Å². The Morgan fingerprint density at radius 3 is 2.60 bits per heavy atom. The van der Waals surface area contributed by atoms with Crippen LogP contribution in [0.15, 0.2) is 65.4 Å². The molecule has 0 aliphatic heterocycles. The largest absolute Gasteiger partial charge is 0.467 e. The molecule has 0 unspecified atom stereocenters. The average Bonchev–Trinajstić information content (AvgIpc) is 3.15. The van der Waals surface area contributed by atoms with Crippen molar-refractivity contribution >= 4 is 29.1 Å². The lowest BCUT2D eigenvalue weighted by atomic mass is 10.2. The van der Waals surface area contributed by atoms with Gasteiger partial charge in [-0.25, -0.2) is 0 Å². The van der Waals surface area contributed by atoms with E-state index in [2.05, 4.69) is 15.6 Å². The fraction of sp³-hybridized carbons (Fsp3) is 0.0556. The number of benzene rings is 1. The Hall–Kier alpha value is -3.12. The van der Waals surface area contributed by atoms with Crippen molar-refractivity contribution in [2.75, 3.05) is 5.32 Å². The smallest absolute Gasteiger partial charge is 0.270 e. The van der Waals surface area contributed by atoms with Crippen LogP contribution in [-0.2, 0) is 6.54 Å². The van der Waals surface area contributed by atoms with Gasteiger partial charge in [-0.3, -0.25) is 14.6 Å². The van der Waals surface area contributed by atoms with Crippen molar-refractivity contribution < 1.29 is 14.0 Å². The van der Waals surface area contributed by atoms with Crippen molar-refractivity contribution in [1.82, 2.24) is 10.3 Å². The van der Waals surface area contributed by atoms with Crippen LogP contribution in [0.5, 0.6) is 0 Å². The minimum atomic E-state index is -0.391. The molecule has 0 spiro atoms. The highest BCUT2D eigenvalue weighted by molar-refractivity contribution is 6.30. The standard InChI is InChI=1S/C18H14ClN3O3/c19-13-3-5-14(6-4-13)22-17(23)12-7-8-20-16(10-12)18(24)21-11-15-2-1-9-25-15/h1-10H,11H2,(H,21,24)(H,22,23). The lowest BCUT2D eigenvalue weighted by molar-refractivity contribution is 0.0943. The molecule has 6 nitrogen and oxygen atoms in total. The van der Waals surface area contributed by atoms with Crippen molar-refractivity contribution in [3.8, 4) is 0 Å². The Morgan fingerprint density at radius 1 is 1.08 bits per heavy atom. The molecule has 2 amide bonds. The number of aromatic nitrogens is 1. The van der Waals surface area contributed by atoms with Crippen LogP contribution in [0.25, 0.3) is 0 Å². The number of rotatable bonds is 5. The molecule has 0 radical (unpaired) electrons. The number of furan rings is 1. The quantitative estimate of drug-likeness (QED) is 0.733. The molecule has 126 valence electrons. The summed E-state index contributed by atoms with van der Waals surface area (Å²) in [7, 11) is 0. The number of hydrogen-bond donors (Lipinski definition) is 2. The van der Waals surface area contributed by atoms with E-state index in [1.54, 1.807) is 36.4 Å². The van der Waals surface area contributed by atoms with E-state index in [1.807, 2.05) is 0 Å². The highest BCUT2D eigenvalue weighted by Crippen LogP contribution is 2.14. The zero-order valence-corrected chi connectivity index (χ0v) is 13.8. The average molecular weight is 356 g/mol. The summed E-state index contributed by atoms with van der Waals surface area (Å²) >= 11 is 5.82. The number of carbonyl (C=O) groups excluding carboxylic acids is 2. The Bertz CT molecular complexity index is 877. The number of nitrogens with zero attached hydrogens (tertiary/aromatic N) is 1. The van der Waals surface area contributed by atoms with Crippen LogP contribution in [0.3, 0.4) is 0 Å². The lowest BCUT2D eigenvalue weighted by Crippen LogP contribution is -2.24. The van der Waals surface area contributed by atoms with Gasteiger partial charge in [0.2, 0.25) is 0 Å². The number of halogens is 1. The van der Waals surface area contributed by atoms with E-state index in [1.165, 1.54) is 24.6 Å². The van der Waals surface area contributed by atoms with E-state index in [9.17, 15) is 9.59 Å². The number of amides is 2. The number of nitrogens with one attached hydrogen (secondary N) is 2. The van der Waals surface area contributed by atoms with E-state index in [-0.39, 0.29) is 18.1 Å². The SMILES string of the molecule is O=C(Nc1ccc(Cl)cc1)c1ccnc(C(=O)NCc2ccco2)c1. The summed E-state index contributed by atoms with van der Waals surface area (Å²) in [6, 6.07) is 13.2. The molecule has 0 fully saturated rings. The summed E-state index contributed by atoms with van der Waals surface area (Å²) in [5.41, 5.74) is 1.08. The second-order valence-electron chi connectivity index (χ2n) is 5.15. The highest BCUT2D eigenvalue weighted by atomic mass is 35.5. The number of carbonyl (C=O) groups is 2. The molecule has 2 N–H and O–H groups in total. The normalized spacial score (nSPS) is 10.3. The minimum absolute atomic E-state index is 0.148. The predicted octanol–water partition coefficient (Wildman–Crippen LogP) is 3.51. The molecule has 3 aromatic rings. The molecule has 0 atom stereocenters. The van der Waals surface area contributed by atoms with Crippen molar-refractivity contribution in [1.29, 1.82) is 0 Å². The van der Waals surface area contributed by atoms with Crippen LogP contribution >= 0.6 is 11.6 Å². The third kappa shape index (κ3) is 4.45. The van der Waals surface area contributed by atoms with E-state index < -0.39 is 5.91 Å². The third-order valence-electron chi connectivity index (χ3n) is 3.36. The molecule has 2 aromatic heterocycles. The second kappa shape index (κ2) is 7.63. The van der Waals surface area contributed by atoms with Gasteiger partial charge in [-0.1, -0.05) is 11.6 Å². The molecular weight excluding hydrogens is 342 g/mol. The van der Waals surface area contributed by atoms with Gasteiger partial charge in [0.15, 0.2) is 0 Å². The molecule has 2 heterocycles. The fourth-order valence-corrected chi connectivity index (χ4v) is 2.23. The first-order chi connectivity index (χ1) is 12.1. The highest BCUT2D eigenvalue weighted by Gasteiger charge is 2.12. The van der Waals surface area contributed by atoms with Gasteiger partial charge < -0.3 is 15.1 Å². The van der Waals surface area contributed by atoms with Crippen LogP contribution in [-0.4, -0.2) is 16.8 Å². The molecule has 1 aromatic carbocycles. The topological polar surface area (TPSA) is 84.2 Å². The van der Waals surface area contributed by atoms with E-state index >= 15 is 0 Å². The third-order valence-corrected chi connectivity index (χ3v) is 3.61. The summed E-state index contributed by atoms with van der Waals surface area (Å²) in [6.07, 6.45) is 2.94. The Balaban J connectivity index is 1.66. The molecule has 0 saturated carbocycles. The maximum atomic E-state index is 12.3. The first-order valence-electron chi connectivity index (χ1n) is 7.45. The van der Waals surface area contributed by atoms with Crippen LogP contribution in [0, 0.1) is 0 Å². The van der Waals surface area contributed by atoms with Gasteiger partial charge in [0.1, 0.15) is 11.5 Å². The summed E-state index contributed by atoms with van der Waals surface area (Å²) in [5.74, 6) is -0.104. The van der Waals surface area contributed by atoms with Gasteiger partial charge in [0.25, 0.3) is 11.8 Å². The van der Waals surface area contributed by atoms with Crippen LogP contribution in [0.2, 0.25) is 5.02 Å². The first-order valence-corrected chi connectivity index (χ1v) is 7.83. The molecule has 0 aliphatic rings. The Kier molecular flexibility index (Phi) is 5.11. The maximum Gasteiger partial charge on any atom is 0.270 e. The minimum Gasteiger partial charge on any atom is -0.467 e. The molecule has 3 rings (SSSR count). The summed E-state index contributed by atoms with van der Waals surface area (Å²) < 4.78 is 5.15. The summed E-state index contributed by atoms with van der Waals surface area (Å²) in [5, 5.41) is 6.00. The van der Waals surface area contributed by atoms with Gasteiger partial charge in [-0.05, 0) is 48.5 Å². The zero-order chi connectivity index (χ0) is 17.6. The lowest BCUT2D eigenvalue weighted by Gasteiger charge is -2.07. The first kappa shape index (κ1) is 16.7. The summed E-state index contributed by atoms with van der Waals surface area (Å²) in [6.45, 7) is 0.245. The van der Waals surface area contributed by atoms with Crippen molar-refractivity contribution in [2.45, 2.75) is 6.54 Å². The van der Waals surface area contributed by atoms with E-state index in [0.29, 0.717) is 22.0 Å². The van der Waals surface area contributed by atoms with Gasteiger partial charge in [0, 0.05) is 22.5 Å². The number of anilines is 1. The Morgan fingerprint density at radius 2 is 1.88 bits per heavy atom. The van der Waals surface area contributed by atoms with Crippen molar-refractivity contribution in [3.05, 3.63) is 83.0 Å². The van der Waals surface area contributed by atoms with Crippen molar-refractivity contribution in [2.24, 2.45) is 0 Å². The van der Waals surface area contributed by atoms with Gasteiger partial charge in [-0.2, -0.15) is 0 Å². The Labute approximate surface area is 148 Å². The zero-order valence-electron chi connectivity index (χ0n) is 13.0. The van der Waals surface area contributed by atoms with Crippen molar-refractivity contribution in [3.63, 3.8) is 0 Å². The molecule has 25 heavy (non-hydrogen) atoms. The maximum absolute atomic E-state index is 12.3. The van der Waals surface area contributed by atoms with Gasteiger partial charge >= 0.3 is 0 Å². The van der Waals surface area contributed by atoms with Crippen LogP contribution in [0.4, 0.5) is 5.69 Å². The van der Waals surface area contributed by atoms with E-state index in [0.717, 1.165) is 0 Å². The van der Waals surface area contributed by atoms with Crippen LogP contribution < -0.4 is 10.6 Å². The van der Waals surface area contributed by atoms with E-state index in [4.69, 9.17) is 16.0 Å². The number of pyridine rings is 1. The molecule has 7 heteroatoms. The number of hydrogen-bond acceptors (Lipinski definition) is 4. The predicted molar refractivity (Wildman–Crippen MR) is 93.5 cm³/mol. The molecule has 0 saturated heterocycles. The summed E-state index contributed by atoms with van der Waals surface area (Å²) in [4.78, 5) is 28.4. The molecule has 0 aliphatic carbocycles. The molecule has 0 bridgehead atoms. The monoisotopic (exact) mass is 355 g/mol.